The van der Waals surface area contributed by atoms with Crippen molar-refractivity contribution >= 4 is 5.97 Å². The van der Waals surface area contributed by atoms with Crippen LogP contribution in [-0.2, 0) is 28.5 Å². The number of ether oxygens (including phenoxy) is 5. The Kier molecular flexibility index (Phi) is 9.80. The van der Waals surface area contributed by atoms with E-state index in [1.165, 1.54) is 0 Å². The first-order valence-corrected chi connectivity index (χ1v) is 18.1. The number of rotatable bonds is 7. The van der Waals surface area contributed by atoms with Gasteiger partial charge in [0.05, 0.1) is 24.4 Å². The Balaban J connectivity index is 0.995. The molecule has 18 atom stereocenters. The van der Waals surface area contributed by atoms with Crippen molar-refractivity contribution in [2.75, 3.05) is 19.8 Å². The highest BCUT2D eigenvalue weighted by molar-refractivity contribution is 5.85. The summed E-state index contributed by atoms with van der Waals surface area (Å²) in [4.78, 5) is 11.9. The lowest BCUT2D eigenvalue weighted by Crippen LogP contribution is -2.64. The number of cyclic esters (lactones) is 1. The molecule has 7 aliphatic rings. The van der Waals surface area contributed by atoms with Gasteiger partial charge in [0.25, 0.3) is 0 Å². The van der Waals surface area contributed by atoms with Crippen molar-refractivity contribution in [3.8, 4) is 0 Å². The van der Waals surface area contributed by atoms with Gasteiger partial charge in [-0.15, -0.1) is 0 Å². The first-order valence-electron chi connectivity index (χ1n) is 18.1. The molecule has 4 saturated carbocycles. The number of carbonyl (C=O) groups is 1. The molecule has 0 amide bonds. The van der Waals surface area contributed by atoms with Crippen molar-refractivity contribution in [3.63, 3.8) is 0 Å². The van der Waals surface area contributed by atoms with Crippen LogP contribution in [0.15, 0.2) is 11.6 Å². The van der Waals surface area contributed by atoms with Crippen LogP contribution in [0.1, 0.15) is 71.6 Å². The van der Waals surface area contributed by atoms with Crippen LogP contribution in [-0.4, -0.2) is 140 Å². The lowest BCUT2D eigenvalue weighted by molar-refractivity contribution is -0.360. The first kappa shape index (κ1) is 36.1. The van der Waals surface area contributed by atoms with E-state index >= 15 is 0 Å². The molecule has 2 saturated heterocycles. The zero-order valence-electron chi connectivity index (χ0n) is 28.3. The van der Waals surface area contributed by atoms with Crippen molar-refractivity contribution in [2.45, 2.75) is 145 Å². The number of aliphatic hydroxyl groups is 8. The largest absolute Gasteiger partial charge is 0.458 e. The van der Waals surface area contributed by atoms with Gasteiger partial charge in [-0.2, -0.15) is 0 Å². The Bertz CT molecular complexity index is 1260. The molecule has 0 aromatic carbocycles. The van der Waals surface area contributed by atoms with Crippen LogP contribution in [0.2, 0.25) is 0 Å². The summed E-state index contributed by atoms with van der Waals surface area (Å²) in [6.07, 6.45) is -5.76. The zero-order chi connectivity index (χ0) is 35.0. The molecule has 3 heterocycles. The topological polar surface area (TPSA) is 225 Å². The van der Waals surface area contributed by atoms with Gasteiger partial charge in [-0.3, -0.25) is 0 Å². The molecule has 0 unspecified atom stereocenters. The number of fused-ring (bicyclic) bond motifs is 5. The van der Waals surface area contributed by atoms with Gasteiger partial charge in [0.15, 0.2) is 12.6 Å². The molecule has 0 radical (unpaired) electrons. The summed E-state index contributed by atoms with van der Waals surface area (Å²) in [6.45, 7) is 3.47. The van der Waals surface area contributed by atoms with Crippen LogP contribution in [0.4, 0.5) is 0 Å². The minimum atomic E-state index is -1.67. The summed E-state index contributed by atoms with van der Waals surface area (Å²) in [5.74, 6) is 0.104. The van der Waals surface area contributed by atoms with Crippen LogP contribution in [0.3, 0.4) is 0 Å². The van der Waals surface area contributed by atoms with Crippen molar-refractivity contribution in [3.05, 3.63) is 11.6 Å². The van der Waals surface area contributed by atoms with E-state index in [1.54, 1.807) is 13.0 Å². The molecule has 8 N–H and O–H groups in total. The van der Waals surface area contributed by atoms with Gasteiger partial charge in [0.1, 0.15) is 49.3 Å². The fraction of sp³-hybridized carbons (Fsp3) is 0.914. The SMILES string of the molecule is C[C@H]1O[C@@H](O[C@H]2CC[C@@]3(CO)[C@H](CC[C@H]4[C@@H]3CC[C@]3(C)[C@@H](C5=CC(=O)OC5)CC[C@]43O)C2)[C@H](O)[C@H](O)[C@H]1O[C@@H]1O[C@H](CO)[C@@H](O)[C@H](O)[C@H]1O. The van der Waals surface area contributed by atoms with Gasteiger partial charge < -0.3 is 64.5 Å². The van der Waals surface area contributed by atoms with E-state index in [9.17, 15) is 45.6 Å². The molecule has 4 aliphatic carbocycles. The van der Waals surface area contributed by atoms with E-state index in [4.69, 9.17) is 23.7 Å². The number of carbonyl (C=O) groups excluding carboxylic acids is 1. The zero-order valence-corrected chi connectivity index (χ0v) is 28.3. The van der Waals surface area contributed by atoms with Crippen molar-refractivity contribution in [1.82, 2.24) is 0 Å². The van der Waals surface area contributed by atoms with E-state index in [0.717, 1.165) is 37.7 Å². The molecule has 0 aromatic rings. The molecule has 49 heavy (non-hydrogen) atoms. The number of hydrogen-bond acceptors (Lipinski definition) is 14. The fourth-order valence-corrected chi connectivity index (χ4v) is 11.4. The van der Waals surface area contributed by atoms with E-state index in [-0.39, 0.29) is 53.2 Å². The normalized spacial score (nSPS) is 54.4. The maximum Gasteiger partial charge on any atom is 0.331 e. The molecule has 14 nitrogen and oxygen atoms in total. The van der Waals surface area contributed by atoms with Gasteiger partial charge in [0.2, 0.25) is 0 Å². The maximum absolute atomic E-state index is 12.5. The third kappa shape index (κ3) is 5.64. The Hall–Kier alpha value is -1.27. The summed E-state index contributed by atoms with van der Waals surface area (Å²) in [6, 6.07) is 0. The first-order chi connectivity index (χ1) is 23.3. The Morgan fingerprint density at radius 3 is 2.27 bits per heavy atom. The second-order valence-corrected chi connectivity index (χ2v) is 16.2. The maximum atomic E-state index is 12.5. The van der Waals surface area contributed by atoms with Crippen LogP contribution < -0.4 is 0 Å². The predicted octanol–water partition coefficient (Wildman–Crippen LogP) is -0.747. The van der Waals surface area contributed by atoms with Crippen molar-refractivity contribution in [2.24, 2.45) is 34.5 Å². The summed E-state index contributed by atoms with van der Waals surface area (Å²) in [5.41, 5.74) is -0.641. The Labute approximate surface area is 285 Å². The monoisotopic (exact) mass is 698 g/mol. The molecule has 0 aromatic heterocycles. The lowest BCUT2D eigenvalue weighted by Gasteiger charge is -2.64. The van der Waals surface area contributed by atoms with Crippen LogP contribution in [0, 0.1) is 34.5 Å². The Morgan fingerprint density at radius 2 is 1.57 bits per heavy atom. The van der Waals surface area contributed by atoms with E-state index in [2.05, 4.69) is 6.92 Å². The molecule has 14 heteroatoms. The summed E-state index contributed by atoms with van der Waals surface area (Å²) >= 11 is 0. The molecule has 3 aliphatic heterocycles. The van der Waals surface area contributed by atoms with Gasteiger partial charge in [-0.1, -0.05) is 6.92 Å². The van der Waals surface area contributed by atoms with E-state index in [1.807, 2.05) is 0 Å². The van der Waals surface area contributed by atoms with Crippen LogP contribution >= 0.6 is 0 Å². The molecule has 7 rings (SSSR count). The fourth-order valence-electron chi connectivity index (χ4n) is 11.4. The molecule has 6 fully saturated rings. The second kappa shape index (κ2) is 13.3. The summed E-state index contributed by atoms with van der Waals surface area (Å²) < 4.78 is 28.7. The number of aliphatic hydroxyl groups excluding tert-OH is 7. The highest BCUT2D eigenvalue weighted by Gasteiger charge is 2.68. The van der Waals surface area contributed by atoms with Crippen LogP contribution in [0.25, 0.3) is 0 Å². The molecule has 0 spiro atoms. The molecular formula is C35H54O14. The highest BCUT2D eigenvalue weighted by Crippen LogP contribution is 2.70. The number of hydrogen-bond donors (Lipinski definition) is 8. The minimum Gasteiger partial charge on any atom is -0.458 e. The van der Waals surface area contributed by atoms with E-state index in [0.29, 0.717) is 32.3 Å². The molecule has 278 valence electrons. The highest BCUT2D eigenvalue weighted by atomic mass is 16.7. The van der Waals surface area contributed by atoms with Gasteiger partial charge in [0, 0.05) is 18.1 Å². The summed E-state index contributed by atoms with van der Waals surface area (Å²) in [5, 5.41) is 85.8. The molecule has 0 bridgehead atoms. The Morgan fingerprint density at radius 1 is 0.837 bits per heavy atom. The standard InChI is InChI=1S/C35H54O14/c1-16-30(49-32-28(42)26(40)25(39)23(13-36)48-32)27(41)29(43)31(46-16)47-19-5-9-34(15-37)18(12-19)3-4-22-21(34)6-8-33(2)20(7-10-35(22,33)44)17-11-24(38)45-14-17/h11,16,18-23,25-32,36-37,39-44H,3-10,12-15H2,1-2H3/t16-,18-,19+,20-,21+,22+,23-,25-,26+,27+,28-,29-,30+,31+,32+,33-,34-,35+/m1/s1. The smallest absolute Gasteiger partial charge is 0.331 e. The van der Waals surface area contributed by atoms with Crippen molar-refractivity contribution < 1.29 is 69.3 Å². The third-order valence-corrected chi connectivity index (χ3v) is 14.2. The summed E-state index contributed by atoms with van der Waals surface area (Å²) in [7, 11) is 0. The van der Waals surface area contributed by atoms with Crippen LogP contribution in [0.5, 0.6) is 0 Å². The number of esters is 1. The average Bonchev–Trinajstić information content (AvgIpc) is 3.64. The predicted molar refractivity (Wildman–Crippen MR) is 167 cm³/mol. The molecular weight excluding hydrogens is 644 g/mol. The third-order valence-electron chi connectivity index (χ3n) is 14.2. The van der Waals surface area contributed by atoms with Gasteiger partial charge in [-0.05, 0) is 99.4 Å². The minimum absolute atomic E-state index is 0.0184. The quantitative estimate of drug-likeness (QED) is 0.121. The van der Waals surface area contributed by atoms with Gasteiger partial charge in [-0.25, -0.2) is 4.79 Å². The van der Waals surface area contributed by atoms with E-state index < -0.39 is 73.6 Å². The average molecular weight is 699 g/mol. The van der Waals surface area contributed by atoms with Gasteiger partial charge >= 0.3 is 5.97 Å². The second-order valence-electron chi connectivity index (χ2n) is 16.2. The lowest BCUT2D eigenvalue weighted by atomic mass is 9.43. The van der Waals surface area contributed by atoms with Crippen molar-refractivity contribution in [1.29, 1.82) is 0 Å².